The molecule has 1 heterocycles. The summed E-state index contributed by atoms with van der Waals surface area (Å²) in [4.78, 5) is 22.3. The maximum atomic E-state index is 12.0. The van der Waals surface area contributed by atoms with Crippen molar-refractivity contribution in [3.8, 4) is 5.69 Å². The smallest absolute Gasteiger partial charge is 0.270 e. The van der Waals surface area contributed by atoms with E-state index in [1.807, 2.05) is 24.4 Å². The Morgan fingerprint density at radius 3 is 2.76 bits per heavy atom. The lowest BCUT2D eigenvalue weighted by Crippen LogP contribution is -2.08. The number of nitrogens with zero attached hydrogens (tertiary/aromatic N) is 3. The number of nitro groups is 1. The third kappa shape index (κ3) is 4.17. The van der Waals surface area contributed by atoms with Gasteiger partial charge in [0.05, 0.1) is 10.6 Å². The predicted molar refractivity (Wildman–Crippen MR) is 94.3 cm³/mol. The minimum atomic E-state index is -0.474. The van der Waals surface area contributed by atoms with Gasteiger partial charge in [-0.3, -0.25) is 14.9 Å². The number of nitro benzene ring substituents is 1. The molecule has 7 heteroatoms. The third-order valence-corrected chi connectivity index (χ3v) is 3.39. The molecule has 0 radical (unpaired) electrons. The summed E-state index contributed by atoms with van der Waals surface area (Å²) in [6.45, 7) is 0. The molecule has 3 aromatic rings. The minimum Gasteiger partial charge on any atom is -0.322 e. The molecule has 1 amide bonds. The van der Waals surface area contributed by atoms with Gasteiger partial charge in [0.15, 0.2) is 0 Å². The van der Waals surface area contributed by atoms with Crippen LogP contribution in [0.25, 0.3) is 11.8 Å². The van der Waals surface area contributed by atoms with Crippen LogP contribution in [0.4, 0.5) is 11.4 Å². The molecule has 3 rings (SSSR count). The van der Waals surface area contributed by atoms with Crippen LogP contribution >= 0.6 is 0 Å². The number of amides is 1. The van der Waals surface area contributed by atoms with E-state index in [0.29, 0.717) is 11.3 Å². The molecule has 0 spiro atoms. The maximum absolute atomic E-state index is 12.0. The van der Waals surface area contributed by atoms with Crippen LogP contribution in [0.1, 0.15) is 5.56 Å². The number of anilines is 1. The van der Waals surface area contributed by atoms with Crippen LogP contribution in [0, 0.1) is 10.1 Å². The lowest BCUT2D eigenvalue weighted by atomic mass is 10.2. The zero-order valence-corrected chi connectivity index (χ0v) is 13.1. The minimum absolute atomic E-state index is 0.0190. The first-order valence-electron chi connectivity index (χ1n) is 7.45. The summed E-state index contributed by atoms with van der Waals surface area (Å²) in [6.07, 6.45) is 6.34. The standard InChI is InChI=1S/C18H14N4O3/c23-18(9-8-14-4-1-7-17(12-14)22(24)25)20-15-5-2-6-16(13-15)21-11-3-10-19-21/h1-13H,(H,20,23)/b9-8+. The molecule has 1 N–H and O–H groups in total. The van der Waals surface area contributed by atoms with Crippen molar-refractivity contribution in [1.82, 2.24) is 9.78 Å². The Morgan fingerprint density at radius 2 is 2.00 bits per heavy atom. The Labute approximate surface area is 143 Å². The number of hydrogen-bond acceptors (Lipinski definition) is 4. The Hall–Kier alpha value is -3.74. The molecule has 124 valence electrons. The Balaban J connectivity index is 1.69. The number of hydrogen-bond donors (Lipinski definition) is 1. The van der Waals surface area contributed by atoms with Gasteiger partial charge in [0.2, 0.25) is 5.91 Å². The van der Waals surface area contributed by atoms with E-state index in [2.05, 4.69) is 10.4 Å². The number of carbonyl (C=O) groups excluding carboxylic acids is 1. The van der Waals surface area contributed by atoms with Gasteiger partial charge in [0.1, 0.15) is 0 Å². The molecule has 7 nitrogen and oxygen atoms in total. The predicted octanol–water partition coefficient (Wildman–Crippen LogP) is 3.43. The summed E-state index contributed by atoms with van der Waals surface area (Å²) in [5.41, 5.74) is 2.01. The van der Waals surface area contributed by atoms with E-state index in [0.717, 1.165) is 5.69 Å². The van der Waals surface area contributed by atoms with E-state index in [-0.39, 0.29) is 11.6 Å². The van der Waals surface area contributed by atoms with Crippen LogP contribution < -0.4 is 5.32 Å². The average Bonchev–Trinajstić information content (AvgIpc) is 3.15. The van der Waals surface area contributed by atoms with Crippen molar-refractivity contribution in [3.05, 3.63) is 88.7 Å². The van der Waals surface area contributed by atoms with Gasteiger partial charge in [-0.1, -0.05) is 18.2 Å². The fourth-order valence-electron chi connectivity index (χ4n) is 2.25. The molecule has 0 aliphatic heterocycles. The summed E-state index contributed by atoms with van der Waals surface area (Å²) in [5, 5.41) is 17.6. The number of rotatable bonds is 5. The van der Waals surface area contributed by atoms with Crippen LogP contribution in [0.3, 0.4) is 0 Å². The van der Waals surface area contributed by atoms with Gasteiger partial charge >= 0.3 is 0 Å². The van der Waals surface area contributed by atoms with E-state index >= 15 is 0 Å². The summed E-state index contributed by atoms with van der Waals surface area (Å²) < 4.78 is 1.69. The summed E-state index contributed by atoms with van der Waals surface area (Å²) in [6, 6.07) is 15.1. The molecule has 0 aliphatic carbocycles. The van der Waals surface area contributed by atoms with Gasteiger partial charge < -0.3 is 5.32 Å². The molecular weight excluding hydrogens is 320 g/mol. The Morgan fingerprint density at radius 1 is 1.16 bits per heavy atom. The molecule has 0 bridgehead atoms. The highest BCUT2D eigenvalue weighted by molar-refractivity contribution is 6.02. The van der Waals surface area contributed by atoms with Gasteiger partial charge in [0, 0.05) is 36.3 Å². The molecule has 25 heavy (non-hydrogen) atoms. The van der Waals surface area contributed by atoms with Crippen molar-refractivity contribution in [2.75, 3.05) is 5.32 Å². The van der Waals surface area contributed by atoms with Crippen LogP contribution in [0.5, 0.6) is 0 Å². The summed E-state index contributed by atoms with van der Waals surface area (Å²) in [7, 11) is 0. The first-order chi connectivity index (χ1) is 12.1. The van der Waals surface area contributed by atoms with Crippen molar-refractivity contribution >= 4 is 23.4 Å². The highest BCUT2D eigenvalue weighted by Gasteiger charge is 2.05. The van der Waals surface area contributed by atoms with Crippen LogP contribution in [0.15, 0.2) is 73.1 Å². The average molecular weight is 334 g/mol. The fraction of sp³-hybridized carbons (Fsp3) is 0. The highest BCUT2D eigenvalue weighted by Crippen LogP contribution is 2.16. The number of non-ortho nitro benzene ring substituents is 1. The molecule has 0 saturated carbocycles. The van der Waals surface area contributed by atoms with E-state index < -0.39 is 4.92 Å². The molecule has 0 saturated heterocycles. The summed E-state index contributed by atoms with van der Waals surface area (Å²) in [5.74, 6) is -0.330. The van der Waals surface area contributed by atoms with Crippen molar-refractivity contribution in [2.24, 2.45) is 0 Å². The van der Waals surface area contributed by atoms with Crippen LogP contribution in [0.2, 0.25) is 0 Å². The normalized spacial score (nSPS) is 10.7. The van der Waals surface area contributed by atoms with E-state index in [1.165, 1.54) is 24.3 Å². The number of aromatic nitrogens is 2. The van der Waals surface area contributed by atoms with Crippen molar-refractivity contribution in [2.45, 2.75) is 0 Å². The van der Waals surface area contributed by atoms with Gasteiger partial charge in [0.25, 0.3) is 5.69 Å². The molecule has 0 fully saturated rings. The lowest BCUT2D eigenvalue weighted by molar-refractivity contribution is -0.384. The quantitative estimate of drug-likeness (QED) is 0.440. The van der Waals surface area contributed by atoms with Gasteiger partial charge in [-0.15, -0.1) is 0 Å². The monoisotopic (exact) mass is 334 g/mol. The maximum Gasteiger partial charge on any atom is 0.270 e. The van der Waals surface area contributed by atoms with Gasteiger partial charge in [-0.05, 0) is 35.9 Å². The second-order valence-corrected chi connectivity index (χ2v) is 5.18. The van der Waals surface area contributed by atoms with Crippen LogP contribution in [-0.4, -0.2) is 20.6 Å². The zero-order valence-electron chi connectivity index (χ0n) is 13.1. The molecule has 1 aromatic heterocycles. The second kappa shape index (κ2) is 7.22. The molecule has 0 atom stereocenters. The van der Waals surface area contributed by atoms with Crippen molar-refractivity contribution in [3.63, 3.8) is 0 Å². The molecular formula is C18H14N4O3. The SMILES string of the molecule is O=C(/C=C/c1cccc([N+](=O)[O-])c1)Nc1cccc(-n2cccn2)c1. The third-order valence-electron chi connectivity index (χ3n) is 3.39. The second-order valence-electron chi connectivity index (χ2n) is 5.18. The van der Waals surface area contributed by atoms with Crippen LogP contribution in [-0.2, 0) is 4.79 Å². The van der Waals surface area contributed by atoms with Gasteiger partial charge in [-0.25, -0.2) is 4.68 Å². The van der Waals surface area contributed by atoms with E-state index in [9.17, 15) is 14.9 Å². The number of nitrogens with one attached hydrogen (secondary N) is 1. The Bertz CT molecular complexity index is 933. The number of carbonyl (C=O) groups is 1. The topological polar surface area (TPSA) is 90.1 Å². The van der Waals surface area contributed by atoms with Crippen molar-refractivity contribution < 1.29 is 9.72 Å². The first kappa shape index (κ1) is 16.1. The molecule has 0 aliphatic rings. The molecule has 2 aromatic carbocycles. The van der Waals surface area contributed by atoms with E-state index in [4.69, 9.17) is 0 Å². The fourth-order valence-corrected chi connectivity index (χ4v) is 2.25. The summed E-state index contributed by atoms with van der Waals surface area (Å²) >= 11 is 0. The first-order valence-corrected chi connectivity index (χ1v) is 7.45. The van der Waals surface area contributed by atoms with E-state index in [1.54, 1.807) is 35.1 Å². The number of benzene rings is 2. The largest absolute Gasteiger partial charge is 0.322 e. The van der Waals surface area contributed by atoms with Gasteiger partial charge in [-0.2, -0.15) is 5.10 Å². The zero-order chi connectivity index (χ0) is 17.6. The van der Waals surface area contributed by atoms with Crippen molar-refractivity contribution in [1.29, 1.82) is 0 Å². The highest BCUT2D eigenvalue weighted by atomic mass is 16.6. The molecule has 0 unspecified atom stereocenters. The lowest BCUT2D eigenvalue weighted by Gasteiger charge is -2.06. The Kier molecular flexibility index (Phi) is 4.66.